The van der Waals surface area contributed by atoms with E-state index in [9.17, 15) is 4.79 Å². The van der Waals surface area contributed by atoms with Crippen molar-refractivity contribution in [3.05, 3.63) is 11.6 Å². The van der Waals surface area contributed by atoms with Crippen LogP contribution in [0.2, 0.25) is 0 Å². The molecule has 0 fully saturated rings. The van der Waals surface area contributed by atoms with Crippen LogP contribution >= 0.6 is 0 Å². The van der Waals surface area contributed by atoms with Gasteiger partial charge in [0.25, 0.3) is 0 Å². The van der Waals surface area contributed by atoms with Crippen molar-refractivity contribution in [2.75, 3.05) is 6.61 Å². The normalized spacial score (nSPS) is 11.7. The second kappa shape index (κ2) is 8.47. The molecular formula is C10H18O2. The van der Waals surface area contributed by atoms with Gasteiger partial charge in [0.05, 0.1) is 6.61 Å². The van der Waals surface area contributed by atoms with Crippen molar-refractivity contribution in [3.8, 4) is 0 Å². The highest BCUT2D eigenvalue weighted by Gasteiger charge is 1.90. The Labute approximate surface area is 74.3 Å². The highest BCUT2D eigenvalue weighted by Crippen LogP contribution is 2.04. The van der Waals surface area contributed by atoms with Crippen LogP contribution in [0, 0.1) is 0 Å². The van der Waals surface area contributed by atoms with Crippen molar-refractivity contribution < 1.29 is 9.90 Å². The number of hydrogen-bond acceptors (Lipinski definition) is 2. The van der Waals surface area contributed by atoms with Gasteiger partial charge < -0.3 is 5.11 Å². The number of aliphatic hydroxyl groups excluding tert-OH is 1. The van der Waals surface area contributed by atoms with Crippen molar-refractivity contribution in [2.24, 2.45) is 0 Å². The van der Waals surface area contributed by atoms with E-state index in [0.717, 1.165) is 19.1 Å². The summed E-state index contributed by atoms with van der Waals surface area (Å²) >= 11 is 0. The van der Waals surface area contributed by atoms with Gasteiger partial charge in [-0.1, -0.05) is 32.3 Å². The summed E-state index contributed by atoms with van der Waals surface area (Å²) in [6.07, 6.45) is 8.26. The van der Waals surface area contributed by atoms with Gasteiger partial charge in [0, 0.05) is 5.57 Å². The Balaban J connectivity index is 3.37. The predicted octanol–water partition coefficient (Wildman–Crippen LogP) is 2.07. The van der Waals surface area contributed by atoms with Crippen LogP contribution in [0.3, 0.4) is 0 Å². The highest BCUT2D eigenvalue weighted by atomic mass is 16.3. The van der Waals surface area contributed by atoms with Crippen LogP contribution in [0.15, 0.2) is 11.6 Å². The van der Waals surface area contributed by atoms with Gasteiger partial charge in [-0.15, -0.1) is 0 Å². The van der Waals surface area contributed by atoms with Gasteiger partial charge in [-0.25, -0.2) is 0 Å². The zero-order valence-electron chi connectivity index (χ0n) is 7.75. The first-order valence-electron chi connectivity index (χ1n) is 4.60. The van der Waals surface area contributed by atoms with E-state index in [-0.39, 0.29) is 6.61 Å². The SMILES string of the molecule is CCCCCC/C=C(/C=O)CO. The molecule has 0 aliphatic heterocycles. The Hall–Kier alpha value is -0.630. The first kappa shape index (κ1) is 11.4. The molecule has 0 unspecified atom stereocenters. The van der Waals surface area contributed by atoms with Crippen molar-refractivity contribution in [1.29, 1.82) is 0 Å². The molecule has 0 saturated carbocycles. The average Bonchev–Trinajstić information content (AvgIpc) is 2.11. The molecule has 0 amide bonds. The van der Waals surface area contributed by atoms with Crippen molar-refractivity contribution in [3.63, 3.8) is 0 Å². The minimum absolute atomic E-state index is 0.128. The Morgan fingerprint density at radius 1 is 1.33 bits per heavy atom. The van der Waals surface area contributed by atoms with Crippen LogP contribution in [0.25, 0.3) is 0 Å². The molecule has 0 aliphatic rings. The van der Waals surface area contributed by atoms with E-state index < -0.39 is 0 Å². The molecule has 0 spiro atoms. The molecular weight excluding hydrogens is 152 g/mol. The van der Waals surface area contributed by atoms with Crippen LogP contribution in [-0.4, -0.2) is 18.0 Å². The van der Waals surface area contributed by atoms with E-state index in [1.54, 1.807) is 0 Å². The van der Waals surface area contributed by atoms with E-state index in [2.05, 4.69) is 6.92 Å². The van der Waals surface area contributed by atoms with Crippen molar-refractivity contribution in [2.45, 2.75) is 39.0 Å². The van der Waals surface area contributed by atoms with Gasteiger partial charge in [-0.3, -0.25) is 4.79 Å². The maximum absolute atomic E-state index is 10.2. The van der Waals surface area contributed by atoms with Gasteiger partial charge in [0.1, 0.15) is 6.29 Å². The maximum atomic E-state index is 10.2. The number of rotatable bonds is 7. The molecule has 0 atom stereocenters. The minimum Gasteiger partial charge on any atom is -0.392 e. The van der Waals surface area contributed by atoms with Crippen molar-refractivity contribution >= 4 is 6.29 Å². The molecule has 2 heteroatoms. The summed E-state index contributed by atoms with van der Waals surface area (Å²) in [5, 5.41) is 8.63. The third-order valence-corrected chi connectivity index (χ3v) is 1.80. The number of allylic oxidation sites excluding steroid dienone is 1. The zero-order valence-corrected chi connectivity index (χ0v) is 7.75. The highest BCUT2D eigenvalue weighted by molar-refractivity contribution is 5.73. The van der Waals surface area contributed by atoms with E-state index in [4.69, 9.17) is 5.11 Å². The quantitative estimate of drug-likeness (QED) is 0.361. The number of carbonyl (C=O) groups excluding carboxylic acids is 1. The fraction of sp³-hybridized carbons (Fsp3) is 0.700. The van der Waals surface area contributed by atoms with E-state index in [1.165, 1.54) is 19.3 Å². The molecule has 0 saturated heterocycles. The lowest BCUT2D eigenvalue weighted by atomic mass is 10.1. The first-order chi connectivity index (χ1) is 5.85. The molecule has 70 valence electrons. The molecule has 0 rings (SSSR count). The van der Waals surface area contributed by atoms with Crippen LogP contribution in [0.1, 0.15) is 39.0 Å². The van der Waals surface area contributed by atoms with E-state index in [1.807, 2.05) is 6.08 Å². The fourth-order valence-corrected chi connectivity index (χ4v) is 1.01. The molecule has 0 aliphatic carbocycles. The summed E-state index contributed by atoms with van der Waals surface area (Å²) in [7, 11) is 0. The van der Waals surface area contributed by atoms with Gasteiger partial charge in [0.15, 0.2) is 0 Å². The van der Waals surface area contributed by atoms with Crippen molar-refractivity contribution in [1.82, 2.24) is 0 Å². The second-order valence-corrected chi connectivity index (χ2v) is 2.90. The molecule has 1 N–H and O–H groups in total. The number of carbonyl (C=O) groups is 1. The molecule has 0 aromatic rings. The first-order valence-corrected chi connectivity index (χ1v) is 4.60. The smallest absolute Gasteiger partial charge is 0.148 e. The summed E-state index contributed by atoms with van der Waals surface area (Å²) < 4.78 is 0. The van der Waals surface area contributed by atoms with Gasteiger partial charge in [0.2, 0.25) is 0 Å². The summed E-state index contributed by atoms with van der Waals surface area (Å²) in [6.45, 7) is 2.04. The summed E-state index contributed by atoms with van der Waals surface area (Å²) in [4.78, 5) is 10.2. The number of hydrogen-bond donors (Lipinski definition) is 1. The maximum Gasteiger partial charge on any atom is 0.148 e. The molecule has 0 radical (unpaired) electrons. The molecule has 0 aromatic carbocycles. The molecule has 0 aromatic heterocycles. The van der Waals surface area contributed by atoms with Gasteiger partial charge in [-0.05, 0) is 12.8 Å². The zero-order chi connectivity index (χ0) is 9.23. The number of aldehydes is 1. The summed E-state index contributed by atoms with van der Waals surface area (Å²) in [5.41, 5.74) is 0.506. The molecule has 0 heterocycles. The minimum atomic E-state index is -0.128. The van der Waals surface area contributed by atoms with E-state index >= 15 is 0 Å². The molecule has 12 heavy (non-hydrogen) atoms. The van der Waals surface area contributed by atoms with Gasteiger partial charge in [-0.2, -0.15) is 0 Å². The van der Waals surface area contributed by atoms with Crippen LogP contribution in [-0.2, 0) is 4.79 Å². The fourth-order valence-electron chi connectivity index (χ4n) is 1.01. The Morgan fingerprint density at radius 3 is 2.58 bits per heavy atom. The van der Waals surface area contributed by atoms with Crippen LogP contribution in [0.5, 0.6) is 0 Å². The predicted molar refractivity (Wildman–Crippen MR) is 50.0 cm³/mol. The number of aliphatic hydroxyl groups is 1. The topological polar surface area (TPSA) is 37.3 Å². The van der Waals surface area contributed by atoms with E-state index in [0.29, 0.717) is 5.57 Å². The Morgan fingerprint density at radius 2 is 2.08 bits per heavy atom. The lowest BCUT2D eigenvalue weighted by Gasteiger charge is -1.95. The second-order valence-electron chi connectivity index (χ2n) is 2.90. The monoisotopic (exact) mass is 170 g/mol. The lowest BCUT2D eigenvalue weighted by molar-refractivity contribution is -0.105. The summed E-state index contributed by atoms with van der Waals surface area (Å²) in [5.74, 6) is 0. The van der Waals surface area contributed by atoms with Gasteiger partial charge >= 0.3 is 0 Å². The Kier molecular flexibility index (Phi) is 8.02. The number of unbranched alkanes of at least 4 members (excludes halogenated alkanes) is 4. The lowest BCUT2D eigenvalue weighted by Crippen LogP contribution is -1.90. The standard InChI is InChI=1S/C10H18O2/c1-2-3-4-5-6-7-10(8-11)9-12/h7-8,12H,2-6,9H2,1H3/b10-7-. The largest absolute Gasteiger partial charge is 0.392 e. The Bertz CT molecular complexity index is 139. The summed E-state index contributed by atoms with van der Waals surface area (Å²) in [6, 6.07) is 0. The third-order valence-electron chi connectivity index (χ3n) is 1.80. The average molecular weight is 170 g/mol. The van der Waals surface area contributed by atoms with Crippen LogP contribution in [0.4, 0.5) is 0 Å². The molecule has 2 nitrogen and oxygen atoms in total. The third kappa shape index (κ3) is 6.10. The molecule has 0 bridgehead atoms. The van der Waals surface area contributed by atoms with Crippen LogP contribution < -0.4 is 0 Å².